The maximum absolute atomic E-state index is 5.09. The monoisotopic (exact) mass is 314 g/mol. The molecule has 0 unspecified atom stereocenters. The van der Waals surface area contributed by atoms with Gasteiger partial charge in [0, 0.05) is 22.6 Å². The van der Waals surface area contributed by atoms with E-state index in [0.29, 0.717) is 16.1 Å². The molecular formula is C11H11IN2O. The molecule has 1 aromatic carbocycles. The molecule has 78 valence electrons. The zero-order chi connectivity index (χ0) is 10.8. The van der Waals surface area contributed by atoms with Crippen molar-refractivity contribution in [1.29, 1.82) is 0 Å². The van der Waals surface area contributed by atoms with Gasteiger partial charge in [-0.25, -0.2) is 0 Å². The molecule has 4 heteroatoms. The van der Waals surface area contributed by atoms with Crippen LogP contribution in [-0.2, 0) is 6.42 Å². The Balaban J connectivity index is 2.27. The third kappa shape index (κ3) is 2.56. The first-order valence-electron chi connectivity index (χ1n) is 4.69. The van der Waals surface area contributed by atoms with Gasteiger partial charge in [0.2, 0.25) is 9.72 Å². The highest BCUT2D eigenvalue weighted by atomic mass is 127. The molecule has 0 aliphatic rings. The summed E-state index contributed by atoms with van der Waals surface area (Å²) in [7, 11) is 0. The SMILES string of the molecule is Cc1ccc(C)c(Cc2nc(I)no2)c1. The highest BCUT2D eigenvalue weighted by molar-refractivity contribution is 14.1. The van der Waals surface area contributed by atoms with E-state index in [1.165, 1.54) is 16.7 Å². The number of benzene rings is 1. The van der Waals surface area contributed by atoms with Gasteiger partial charge < -0.3 is 4.52 Å². The van der Waals surface area contributed by atoms with Crippen molar-refractivity contribution in [3.05, 3.63) is 44.6 Å². The van der Waals surface area contributed by atoms with Crippen LogP contribution in [0.2, 0.25) is 0 Å². The van der Waals surface area contributed by atoms with Gasteiger partial charge >= 0.3 is 0 Å². The Kier molecular flexibility index (Phi) is 3.04. The fourth-order valence-electron chi connectivity index (χ4n) is 1.46. The van der Waals surface area contributed by atoms with E-state index >= 15 is 0 Å². The van der Waals surface area contributed by atoms with Crippen molar-refractivity contribution in [3.63, 3.8) is 0 Å². The minimum atomic E-state index is 0.660. The van der Waals surface area contributed by atoms with Gasteiger partial charge in [0.1, 0.15) is 0 Å². The molecule has 0 fully saturated rings. The van der Waals surface area contributed by atoms with Gasteiger partial charge in [-0.2, -0.15) is 4.98 Å². The van der Waals surface area contributed by atoms with Crippen molar-refractivity contribution >= 4 is 22.6 Å². The van der Waals surface area contributed by atoms with Gasteiger partial charge in [0.05, 0.1) is 6.42 Å². The second kappa shape index (κ2) is 4.30. The first-order chi connectivity index (χ1) is 7.15. The van der Waals surface area contributed by atoms with E-state index in [4.69, 9.17) is 4.52 Å². The maximum atomic E-state index is 5.09. The van der Waals surface area contributed by atoms with E-state index in [1.54, 1.807) is 0 Å². The van der Waals surface area contributed by atoms with Crippen molar-refractivity contribution in [3.8, 4) is 0 Å². The van der Waals surface area contributed by atoms with Crippen molar-refractivity contribution < 1.29 is 4.52 Å². The Morgan fingerprint density at radius 3 is 2.80 bits per heavy atom. The molecule has 0 atom stereocenters. The summed E-state index contributed by atoms with van der Waals surface area (Å²) in [5.74, 6) is 0.674. The van der Waals surface area contributed by atoms with Crippen LogP contribution in [0.3, 0.4) is 0 Å². The van der Waals surface area contributed by atoms with Gasteiger partial charge in [0.25, 0.3) is 0 Å². The minimum absolute atomic E-state index is 0.660. The highest BCUT2D eigenvalue weighted by Gasteiger charge is 2.06. The number of hydrogen-bond acceptors (Lipinski definition) is 3. The second-order valence-corrected chi connectivity index (χ2v) is 4.53. The van der Waals surface area contributed by atoms with Gasteiger partial charge in [0.15, 0.2) is 0 Å². The van der Waals surface area contributed by atoms with E-state index < -0.39 is 0 Å². The first kappa shape index (κ1) is 10.6. The zero-order valence-corrected chi connectivity index (χ0v) is 10.8. The fraction of sp³-hybridized carbons (Fsp3) is 0.273. The van der Waals surface area contributed by atoms with Crippen LogP contribution in [0.1, 0.15) is 22.6 Å². The molecule has 0 N–H and O–H groups in total. The molecule has 1 heterocycles. The molecule has 0 amide bonds. The summed E-state index contributed by atoms with van der Waals surface area (Å²) in [6.07, 6.45) is 0.712. The van der Waals surface area contributed by atoms with Crippen LogP contribution >= 0.6 is 22.6 Å². The Labute approximate surface area is 102 Å². The number of aryl methyl sites for hydroxylation is 2. The predicted molar refractivity (Wildman–Crippen MR) is 65.7 cm³/mol. The molecule has 0 saturated carbocycles. The van der Waals surface area contributed by atoms with Crippen molar-refractivity contribution in [2.24, 2.45) is 0 Å². The summed E-state index contributed by atoms with van der Waals surface area (Å²) in [6.45, 7) is 4.18. The lowest BCUT2D eigenvalue weighted by Crippen LogP contribution is -1.93. The number of rotatable bonds is 2. The smallest absolute Gasteiger partial charge is 0.232 e. The molecule has 3 nitrogen and oxygen atoms in total. The average Bonchev–Trinajstić information content (AvgIpc) is 2.58. The third-order valence-corrected chi connectivity index (χ3v) is 2.73. The Bertz CT molecular complexity index is 479. The number of hydrogen-bond donors (Lipinski definition) is 0. The van der Waals surface area contributed by atoms with Crippen molar-refractivity contribution in [2.45, 2.75) is 20.3 Å². The Morgan fingerprint density at radius 2 is 2.13 bits per heavy atom. The maximum Gasteiger partial charge on any atom is 0.232 e. The van der Waals surface area contributed by atoms with Crippen LogP contribution in [0, 0.1) is 17.7 Å². The summed E-state index contributed by atoms with van der Waals surface area (Å²) in [6, 6.07) is 6.38. The van der Waals surface area contributed by atoms with Crippen LogP contribution in [0.4, 0.5) is 0 Å². The summed E-state index contributed by atoms with van der Waals surface area (Å²) in [5, 5.41) is 3.77. The Hall–Kier alpha value is -0.910. The molecule has 15 heavy (non-hydrogen) atoms. The molecule has 0 spiro atoms. The van der Waals surface area contributed by atoms with Crippen molar-refractivity contribution in [2.75, 3.05) is 0 Å². The van der Waals surface area contributed by atoms with E-state index in [0.717, 1.165) is 0 Å². The molecule has 0 aliphatic heterocycles. The lowest BCUT2D eigenvalue weighted by molar-refractivity contribution is 0.381. The minimum Gasteiger partial charge on any atom is -0.338 e. The molecule has 0 aliphatic carbocycles. The standard InChI is InChI=1S/C11H11IN2O/c1-7-3-4-8(2)9(5-7)6-10-13-11(12)14-15-10/h3-5H,6H2,1-2H3. The number of halogens is 1. The fourth-order valence-corrected chi connectivity index (χ4v) is 1.83. The largest absolute Gasteiger partial charge is 0.338 e. The Morgan fingerprint density at radius 1 is 1.33 bits per heavy atom. The topological polar surface area (TPSA) is 38.9 Å². The summed E-state index contributed by atoms with van der Waals surface area (Å²) < 4.78 is 5.75. The van der Waals surface area contributed by atoms with Gasteiger partial charge in [-0.1, -0.05) is 28.9 Å². The lowest BCUT2D eigenvalue weighted by atomic mass is 10.0. The molecule has 0 bridgehead atoms. The quantitative estimate of drug-likeness (QED) is 0.800. The van der Waals surface area contributed by atoms with Gasteiger partial charge in [-0.05, 0) is 25.0 Å². The van der Waals surface area contributed by atoms with Gasteiger partial charge in [-0.15, -0.1) is 0 Å². The summed E-state index contributed by atoms with van der Waals surface area (Å²) in [5.41, 5.74) is 3.76. The normalized spacial score (nSPS) is 10.6. The third-order valence-electron chi connectivity index (χ3n) is 2.29. The molecule has 1 aromatic heterocycles. The van der Waals surface area contributed by atoms with Crippen LogP contribution in [0.15, 0.2) is 22.7 Å². The molecular weight excluding hydrogens is 303 g/mol. The summed E-state index contributed by atoms with van der Waals surface area (Å²) in [4.78, 5) is 4.19. The van der Waals surface area contributed by atoms with E-state index in [9.17, 15) is 0 Å². The summed E-state index contributed by atoms with van der Waals surface area (Å²) >= 11 is 2.04. The van der Waals surface area contributed by atoms with Gasteiger partial charge in [-0.3, -0.25) is 0 Å². The van der Waals surface area contributed by atoms with Crippen LogP contribution in [-0.4, -0.2) is 10.1 Å². The molecule has 2 aromatic rings. The molecule has 0 saturated heterocycles. The van der Waals surface area contributed by atoms with Crippen LogP contribution in [0.25, 0.3) is 0 Å². The highest BCUT2D eigenvalue weighted by Crippen LogP contribution is 2.14. The average molecular weight is 314 g/mol. The predicted octanol–water partition coefficient (Wildman–Crippen LogP) is 2.88. The lowest BCUT2D eigenvalue weighted by Gasteiger charge is -2.03. The van der Waals surface area contributed by atoms with E-state index in [-0.39, 0.29) is 0 Å². The first-order valence-corrected chi connectivity index (χ1v) is 5.77. The van der Waals surface area contributed by atoms with Crippen LogP contribution in [0.5, 0.6) is 0 Å². The number of aromatic nitrogens is 2. The molecule has 2 rings (SSSR count). The van der Waals surface area contributed by atoms with E-state index in [2.05, 4.69) is 42.2 Å². The van der Waals surface area contributed by atoms with E-state index in [1.807, 2.05) is 22.6 Å². The van der Waals surface area contributed by atoms with Crippen molar-refractivity contribution in [1.82, 2.24) is 10.1 Å². The molecule has 0 radical (unpaired) electrons. The zero-order valence-electron chi connectivity index (χ0n) is 8.62. The second-order valence-electron chi connectivity index (χ2n) is 3.56. The number of nitrogens with zero attached hydrogens (tertiary/aromatic N) is 2. The van der Waals surface area contributed by atoms with Crippen LogP contribution < -0.4 is 0 Å².